The van der Waals surface area contributed by atoms with Gasteiger partial charge in [-0.15, -0.1) is 0 Å². The average molecular weight is 297 g/mol. The molecular weight excluding hydrogens is 278 g/mol. The Bertz CT molecular complexity index is 754. The molecule has 0 bridgehead atoms. The van der Waals surface area contributed by atoms with Crippen LogP contribution in [0.1, 0.15) is 22.7 Å². The maximum Gasteiger partial charge on any atom is 0.201 e. The number of phenolic OH excluding ortho intramolecular Hbond substituents is 1. The van der Waals surface area contributed by atoms with Gasteiger partial charge in [-0.2, -0.15) is 0 Å². The summed E-state index contributed by atoms with van der Waals surface area (Å²) in [6.45, 7) is 0.890. The Morgan fingerprint density at radius 1 is 1.14 bits per heavy atom. The van der Waals surface area contributed by atoms with E-state index in [0.29, 0.717) is 11.5 Å². The van der Waals surface area contributed by atoms with Crippen LogP contribution < -0.4 is 14.8 Å². The van der Waals surface area contributed by atoms with Crippen LogP contribution in [0.5, 0.6) is 17.2 Å². The maximum absolute atomic E-state index is 10.6. The second-order valence-corrected chi connectivity index (χ2v) is 5.80. The predicted octanol–water partition coefficient (Wildman–Crippen LogP) is 2.82. The van der Waals surface area contributed by atoms with Gasteiger partial charge in [-0.25, -0.2) is 0 Å². The summed E-state index contributed by atoms with van der Waals surface area (Å²) in [5.41, 5.74) is 5.76. The highest BCUT2D eigenvalue weighted by Crippen LogP contribution is 2.54. The van der Waals surface area contributed by atoms with Crippen LogP contribution in [-0.4, -0.2) is 25.9 Å². The van der Waals surface area contributed by atoms with Gasteiger partial charge in [0, 0.05) is 17.2 Å². The van der Waals surface area contributed by atoms with Crippen molar-refractivity contribution in [2.75, 3.05) is 20.8 Å². The molecule has 0 saturated heterocycles. The van der Waals surface area contributed by atoms with E-state index in [4.69, 9.17) is 9.47 Å². The minimum atomic E-state index is 0.108. The Morgan fingerprint density at radius 2 is 1.91 bits per heavy atom. The molecule has 2 N–H and O–H groups in total. The summed E-state index contributed by atoms with van der Waals surface area (Å²) in [5.74, 6) is 1.18. The van der Waals surface area contributed by atoms with Gasteiger partial charge in [0.1, 0.15) is 0 Å². The lowest BCUT2D eigenvalue weighted by Gasteiger charge is -2.36. The summed E-state index contributed by atoms with van der Waals surface area (Å²) >= 11 is 0. The lowest BCUT2D eigenvalue weighted by Crippen LogP contribution is -2.34. The molecule has 1 atom stereocenters. The molecule has 4 nitrogen and oxygen atoms in total. The van der Waals surface area contributed by atoms with Crippen molar-refractivity contribution in [3.63, 3.8) is 0 Å². The largest absolute Gasteiger partial charge is 0.502 e. The molecule has 2 aliphatic rings. The summed E-state index contributed by atoms with van der Waals surface area (Å²) in [6, 6.07) is 8.59. The molecule has 2 aromatic carbocycles. The molecule has 0 radical (unpaired) electrons. The van der Waals surface area contributed by atoms with E-state index in [1.165, 1.54) is 11.1 Å². The number of rotatable bonds is 2. The minimum absolute atomic E-state index is 0.108. The Morgan fingerprint density at radius 3 is 2.68 bits per heavy atom. The molecule has 22 heavy (non-hydrogen) atoms. The fraction of sp³-hybridized carbons (Fsp3) is 0.333. The van der Waals surface area contributed by atoms with Gasteiger partial charge in [0.05, 0.1) is 14.2 Å². The van der Waals surface area contributed by atoms with Crippen molar-refractivity contribution in [3.05, 3.63) is 41.0 Å². The number of nitrogens with one attached hydrogen (secondary N) is 1. The highest BCUT2D eigenvalue weighted by atomic mass is 16.5. The standard InChI is InChI=1S/C18H19NO3/c1-21-17-12-7-8-19-13-9-10-5-3-4-6-11(10)15(14(12)13)18(22-2)16(17)20/h3-6,13,19-20H,7-9H2,1-2H3/t13-/m1/s1. The van der Waals surface area contributed by atoms with Crippen LogP contribution in [-0.2, 0) is 12.8 Å². The topological polar surface area (TPSA) is 50.7 Å². The van der Waals surface area contributed by atoms with Gasteiger partial charge in [-0.05, 0) is 36.1 Å². The molecule has 0 fully saturated rings. The lowest BCUT2D eigenvalue weighted by atomic mass is 9.77. The molecule has 0 saturated carbocycles. The molecule has 4 heteroatoms. The lowest BCUT2D eigenvalue weighted by molar-refractivity contribution is 0.332. The van der Waals surface area contributed by atoms with E-state index in [1.54, 1.807) is 14.2 Å². The SMILES string of the molecule is COc1c(O)c(OC)c2c3c1CCN[C@@H]3Cc1ccccc1-2. The van der Waals surface area contributed by atoms with Gasteiger partial charge in [0.25, 0.3) is 0 Å². The number of methoxy groups -OCH3 is 2. The number of benzene rings is 2. The van der Waals surface area contributed by atoms with E-state index >= 15 is 0 Å². The Balaban J connectivity index is 2.13. The quantitative estimate of drug-likeness (QED) is 0.895. The highest BCUT2D eigenvalue weighted by Gasteiger charge is 2.36. The van der Waals surface area contributed by atoms with Gasteiger partial charge in [0.2, 0.25) is 5.75 Å². The molecular formula is C18H19NO3. The first-order valence-corrected chi connectivity index (χ1v) is 7.57. The van der Waals surface area contributed by atoms with Crippen molar-refractivity contribution < 1.29 is 14.6 Å². The summed E-state index contributed by atoms with van der Waals surface area (Å²) in [7, 11) is 3.20. The van der Waals surface area contributed by atoms with Crippen LogP contribution >= 0.6 is 0 Å². The number of fused-ring (bicyclic) bond motifs is 2. The molecule has 0 spiro atoms. The zero-order chi connectivity index (χ0) is 15.3. The summed E-state index contributed by atoms with van der Waals surface area (Å²) < 4.78 is 11.0. The van der Waals surface area contributed by atoms with E-state index < -0.39 is 0 Å². The Kier molecular flexibility index (Phi) is 3.01. The summed E-state index contributed by atoms with van der Waals surface area (Å²) in [6.07, 6.45) is 1.80. The van der Waals surface area contributed by atoms with Crippen LogP contribution in [0.3, 0.4) is 0 Å². The second-order valence-electron chi connectivity index (χ2n) is 5.80. The second kappa shape index (κ2) is 4.92. The minimum Gasteiger partial charge on any atom is -0.502 e. The van der Waals surface area contributed by atoms with Crippen molar-refractivity contribution in [1.29, 1.82) is 0 Å². The number of ether oxygens (including phenoxy) is 2. The van der Waals surface area contributed by atoms with Crippen molar-refractivity contribution >= 4 is 0 Å². The number of hydrogen-bond acceptors (Lipinski definition) is 4. The van der Waals surface area contributed by atoms with Crippen molar-refractivity contribution in [2.45, 2.75) is 18.9 Å². The van der Waals surface area contributed by atoms with Crippen LogP contribution in [0.15, 0.2) is 24.3 Å². The van der Waals surface area contributed by atoms with Crippen LogP contribution in [0, 0.1) is 0 Å². The first kappa shape index (κ1) is 13.5. The van der Waals surface area contributed by atoms with Crippen LogP contribution in [0.25, 0.3) is 11.1 Å². The maximum atomic E-state index is 10.6. The van der Waals surface area contributed by atoms with E-state index in [9.17, 15) is 5.11 Å². The van der Waals surface area contributed by atoms with Crippen molar-refractivity contribution in [2.24, 2.45) is 0 Å². The number of hydrogen-bond donors (Lipinski definition) is 2. The number of aromatic hydroxyl groups is 1. The van der Waals surface area contributed by atoms with Crippen molar-refractivity contribution in [1.82, 2.24) is 5.32 Å². The van der Waals surface area contributed by atoms with E-state index in [-0.39, 0.29) is 11.8 Å². The third-order valence-electron chi connectivity index (χ3n) is 4.76. The third kappa shape index (κ3) is 1.67. The fourth-order valence-electron chi connectivity index (χ4n) is 3.89. The van der Waals surface area contributed by atoms with Gasteiger partial charge >= 0.3 is 0 Å². The van der Waals surface area contributed by atoms with Gasteiger partial charge < -0.3 is 19.9 Å². The van der Waals surface area contributed by atoms with E-state index in [1.807, 2.05) is 6.07 Å². The van der Waals surface area contributed by atoms with Gasteiger partial charge in [0.15, 0.2) is 11.5 Å². The zero-order valence-corrected chi connectivity index (χ0v) is 12.8. The van der Waals surface area contributed by atoms with Crippen LogP contribution in [0.4, 0.5) is 0 Å². The predicted molar refractivity (Wildman–Crippen MR) is 84.8 cm³/mol. The summed E-state index contributed by atoms with van der Waals surface area (Å²) in [5, 5.41) is 14.2. The van der Waals surface area contributed by atoms with Gasteiger partial charge in [-0.1, -0.05) is 24.3 Å². The molecule has 1 aliphatic carbocycles. The smallest absolute Gasteiger partial charge is 0.201 e. The first-order chi connectivity index (χ1) is 10.8. The highest BCUT2D eigenvalue weighted by molar-refractivity contribution is 5.85. The summed E-state index contributed by atoms with van der Waals surface area (Å²) in [4.78, 5) is 0. The number of phenols is 1. The molecule has 0 unspecified atom stereocenters. The Labute approximate surface area is 129 Å². The molecule has 1 aliphatic heterocycles. The molecule has 114 valence electrons. The Hall–Kier alpha value is -2.20. The van der Waals surface area contributed by atoms with Crippen LogP contribution in [0.2, 0.25) is 0 Å². The van der Waals surface area contributed by atoms with Crippen molar-refractivity contribution in [3.8, 4) is 28.4 Å². The average Bonchev–Trinajstić information content (AvgIpc) is 2.55. The van der Waals surface area contributed by atoms with Gasteiger partial charge in [-0.3, -0.25) is 0 Å². The third-order valence-corrected chi connectivity index (χ3v) is 4.76. The molecule has 1 heterocycles. The molecule has 0 aromatic heterocycles. The molecule has 4 rings (SSSR count). The first-order valence-electron chi connectivity index (χ1n) is 7.57. The van der Waals surface area contributed by atoms with E-state index in [0.717, 1.165) is 36.1 Å². The molecule has 2 aromatic rings. The monoisotopic (exact) mass is 297 g/mol. The zero-order valence-electron chi connectivity index (χ0n) is 12.8. The normalized spacial score (nSPS) is 18.4. The molecule has 0 amide bonds. The fourth-order valence-corrected chi connectivity index (χ4v) is 3.89. The van der Waals surface area contributed by atoms with E-state index in [2.05, 4.69) is 23.5 Å².